The van der Waals surface area contributed by atoms with Crippen LogP contribution in [0.25, 0.3) is 0 Å². The Kier molecular flexibility index (Phi) is 7.46. The fraction of sp³-hybridized carbons (Fsp3) is 0.304. The maximum atomic E-state index is 13.2. The minimum absolute atomic E-state index is 0.233. The van der Waals surface area contributed by atoms with Crippen molar-refractivity contribution in [3.63, 3.8) is 0 Å². The maximum Gasteiger partial charge on any atom is 0.328 e. The first kappa shape index (κ1) is 22.6. The van der Waals surface area contributed by atoms with E-state index in [-0.39, 0.29) is 24.0 Å². The molecule has 2 aromatic rings. The molecule has 0 aliphatic carbocycles. The van der Waals surface area contributed by atoms with E-state index in [9.17, 15) is 19.2 Å². The summed E-state index contributed by atoms with van der Waals surface area (Å²) in [6.07, 6.45) is 2.39. The second-order valence-electron chi connectivity index (χ2n) is 7.10. The van der Waals surface area contributed by atoms with Crippen molar-refractivity contribution in [2.24, 2.45) is 0 Å². The minimum atomic E-state index is -1.03. The van der Waals surface area contributed by atoms with Crippen LogP contribution < -0.4 is 5.32 Å². The predicted molar refractivity (Wildman–Crippen MR) is 118 cm³/mol. The maximum absolute atomic E-state index is 13.2. The van der Waals surface area contributed by atoms with E-state index in [1.807, 2.05) is 36.6 Å². The van der Waals surface area contributed by atoms with Crippen molar-refractivity contribution >= 4 is 35.5 Å². The molecule has 0 saturated carbocycles. The van der Waals surface area contributed by atoms with Crippen molar-refractivity contribution in [1.29, 1.82) is 0 Å². The number of hydrogen-bond acceptors (Lipinski definition) is 6. The summed E-state index contributed by atoms with van der Waals surface area (Å²) in [5, 5.41) is 2.70. The molecule has 3 rings (SSSR count). The quantitative estimate of drug-likeness (QED) is 0.475. The molecule has 0 radical (unpaired) electrons. The molecule has 0 aromatic heterocycles. The molecule has 0 spiro atoms. The Morgan fingerprint density at radius 1 is 1.00 bits per heavy atom. The van der Waals surface area contributed by atoms with Crippen LogP contribution in [0, 0.1) is 0 Å². The topological polar surface area (TPSA) is 92.8 Å². The largest absolute Gasteiger partial charge is 0.467 e. The lowest BCUT2D eigenvalue weighted by atomic mass is 10.0. The molecule has 1 aliphatic rings. The SMILES string of the molecule is COC(=O)[C@@H](Cc1ccccc1)NC(=O)[C@@H](CCSC)N1C(=O)c2ccccc2C1=O. The Morgan fingerprint density at radius 3 is 2.13 bits per heavy atom. The Hall–Kier alpha value is -3.13. The van der Waals surface area contributed by atoms with E-state index >= 15 is 0 Å². The Bertz CT molecular complexity index is 944. The van der Waals surface area contributed by atoms with Crippen LogP contribution >= 0.6 is 11.8 Å². The summed E-state index contributed by atoms with van der Waals surface area (Å²) in [5.74, 6) is -1.59. The summed E-state index contributed by atoms with van der Waals surface area (Å²) in [6.45, 7) is 0. The number of esters is 1. The van der Waals surface area contributed by atoms with Crippen LogP contribution in [-0.4, -0.2) is 59.8 Å². The third-order valence-corrected chi connectivity index (χ3v) is 5.76. The van der Waals surface area contributed by atoms with Crippen molar-refractivity contribution in [2.45, 2.75) is 24.9 Å². The highest BCUT2D eigenvalue weighted by Gasteiger charge is 2.43. The van der Waals surface area contributed by atoms with Crippen LogP contribution in [0.1, 0.15) is 32.7 Å². The molecule has 1 aliphatic heterocycles. The standard InChI is InChI=1S/C23H24N2O5S/c1-30-23(29)18(14-15-8-4-3-5-9-15)24-20(26)19(12-13-31-2)25-21(27)16-10-6-7-11-17(16)22(25)28/h3-11,18-19H,12-14H2,1-2H3,(H,24,26)/t18-,19-/m1/s1. The van der Waals surface area contributed by atoms with Crippen LogP contribution in [0.4, 0.5) is 0 Å². The fourth-order valence-corrected chi connectivity index (χ4v) is 4.01. The highest BCUT2D eigenvalue weighted by Crippen LogP contribution is 2.26. The molecule has 162 valence electrons. The van der Waals surface area contributed by atoms with Crippen molar-refractivity contribution in [3.8, 4) is 0 Å². The zero-order valence-corrected chi connectivity index (χ0v) is 18.2. The first-order chi connectivity index (χ1) is 15.0. The van der Waals surface area contributed by atoms with E-state index in [2.05, 4.69) is 5.32 Å². The van der Waals surface area contributed by atoms with Crippen molar-refractivity contribution in [2.75, 3.05) is 19.1 Å². The number of rotatable bonds is 9. The van der Waals surface area contributed by atoms with Gasteiger partial charge in [0.15, 0.2) is 0 Å². The minimum Gasteiger partial charge on any atom is -0.467 e. The van der Waals surface area contributed by atoms with Gasteiger partial charge in [-0.05, 0) is 36.1 Å². The lowest BCUT2D eigenvalue weighted by molar-refractivity contribution is -0.145. The Balaban J connectivity index is 1.84. The van der Waals surface area contributed by atoms with Crippen LogP contribution in [0.15, 0.2) is 54.6 Å². The first-order valence-corrected chi connectivity index (χ1v) is 11.2. The van der Waals surface area contributed by atoms with Gasteiger partial charge in [0.25, 0.3) is 11.8 Å². The Labute approximate surface area is 185 Å². The van der Waals surface area contributed by atoms with E-state index in [0.717, 1.165) is 10.5 Å². The number of nitrogens with zero attached hydrogens (tertiary/aromatic N) is 1. The van der Waals surface area contributed by atoms with Gasteiger partial charge in [-0.25, -0.2) is 4.79 Å². The van der Waals surface area contributed by atoms with Gasteiger partial charge in [-0.3, -0.25) is 19.3 Å². The third-order valence-electron chi connectivity index (χ3n) is 5.12. The monoisotopic (exact) mass is 440 g/mol. The molecule has 1 heterocycles. The highest BCUT2D eigenvalue weighted by molar-refractivity contribution is 7.98. The number of carbonyl (C=O) groups is 4. The highest BCUT2D eigenvalue weighted by atomic mass is 32.2. The number of nitrogens with one attached hydrogen (secondary N) is 1. The summed E-state index contributed by atoms with van der Waals surface area (Å²) < 4.78 is 4.86. The molecular weight excluding hydrogens is 416 g/mol. The number of ether oxygens (including phenoxy) is 1. The molecule has 0 bridgehead atoms. The number of imide groups is 1. The molecular formula is C23H24N2O5S. The third kappa shape index (κ3) is 4.96. The number of amides is 3. The van der Waals surface area contributed by atoms with Crippen molar-refractivity contribution < 1.29 is 23.9 Å². The molecule has 0 unspecified atom stereocenters. The number of carbonyl (C=O) groups excluding carboxylic acids is 4. The molecule has 1 N–H and O–H groups in total. The molecule has 7 nitrogen and oxygen atoms in total. The fourth-order valence-electron chi connectivity index (χ4n) is 3.55. The molecule has 31 heavy (non-hydrogen) atoms. The molecule has 2 aromatic carbocycles. The van der Waals surface area contributed by atoms with E-state index in [1.54, 1.807) is 24.3 Å². The lowest BCUT2D eigenvalue weighted by Gasteiger charge is -2.27. The lowest BCUT2D eigenvalue weighted by Crippen LogP contribution is -2.54. The average molecular weight is 441 g/mol. The van der Waals surface area contributed by atoms with E-state index in [4.69, 9.17) is 4.74 Å². The van der Waals surface area contributed by atoms with Gasteiger partial charge in [-0.1, -0.05) is 42.5 Å². The summed E-state index contributed by atoms with van der Waals surface area (Å²) in [7, 11) is 1.25. The van der Waals surface area contributed by atoms with Gasteiger partial charge in [0.1, 0.15) is 12.1 Å². The number of benzene rings is 2. The van der Waals surface area contributed by atoms with Crippen LogP contribution in [0.5, 0.6) is 0 Å². The molecule has 0 fully saturated rings. The zero-order chi connectivity index (χ0) is 22.4. The molecule has 2 atom stereocenters. The second-order valence-corrected chi connectivity index (χ2v) is 8.08. The molecule has 0 saturated heterocycles. The van der Waals surface area contributed by atoms with Gasteiger partial charge in [0.05, 0.1) is 18.2 Å². The van der Waals surface area contributed by atoms with E-state index in [1.165, 1.54) is 18.9 Å². The number of hydrogen-bond donors (Lipinski definition) is 1. The van der Waals surface area contributed by atoms with Crippen molar-refractivity contribution in [3.05, 3.63) is 71.3 Å². The van der Waals surface area contributed by atoms with Crippen LogP contribution in [0.3, 0.4) is 0 Å². The molecule has 8 heteroatoms. The van der Waals surface area contributed by atoms with Gasteiger partial charge in [-0.15, -0.1) is 0 Å². The van der Waals surface area contributed by atoms with Gasteiger partial charge >= 0.3 is 5.97 Å². The molecule has 3 amide bonds. The zero-order valence-electron chi connectivity index (χ0n) is 17.4. The van der Waals surface area contributed by atoms with Crippen LogP contribution in [-0.2, 0) is 20.7 Å². The van der Waals surface area contributed by atoms with E-state index < -0.39 is 35.8 Å². The smallest absolute Gasteiger partial charge is 0.328 e. The number of methoxy groups -OCH3 is 1. The summed E-state index contributed by atoms with van der Waals surface area (Å²) in [5.41, 5.74) is 1.41. The predicted octanol–water partition coefficient (Wildman–Crippen LogP) is 2.30. The second kappa shape index (κ2) is 10.3. The van der Waals surface area contributed by atoms with Crippen LogP contribution in [0.2, 0.25) is 0 Å². The van der Waals surface area contributed by atoms with Crippen molar-refractivity contribution in [1.82, 2.24) is 10.2 Å². The van der Waals surface area contributed by atoms with Gasteiger partial charge in [0, 0.05) is 6.42 Å². The average Bonchev–Trinajstić information content (AvgIpc) is 3.04. The summed E-state index contributed by atoms with van der Waals surface area (Å²) in [6, 6.07) is 13.8. The summed E-state index contributed by atoms with van der Waals surface area (Å²) >= 11 is 1.50. The van der Waals surface area contributed by atoms with Gasteiger partial charge in [0.2, 0.25) is 5.91 Å². The number of fused-ring (bicyclic) bond motifs is 1. The van der Waals surface area contributed by atoms with E-state index in [0.29, 0.717) is 5.75 Å². The van der Waals surface area contributed by atoms with Gasteiger partial charge in [-0.2, -0.15) is 11.8 Å². The first-order valence-electron chi connectivity index (χ1n) is 9.86. The number of thioether (sulfide) groups is 1. The van der Waals surface area contributed by atoms with Gasteiger partial charge < -0.3 is 10.1 Å². The normalized spacial score (nSPS) is 14.7. The Morgan fingerprint density at radius 2 is 1.58 bits per heavy atom. The summed E-state index contributed by atoms with van der Waals surface area (Å²) in [4.78, 5) is 52.4.